The standard InChI is InChI=1S/C20H14ClN5O3S/c1-25(30(27,28)14-10-8-13(21)9-11-14)19-20-24-23-18(17-7-4-12-29-17)26(20)16-6-3-2-5-15(16)22-19/h2-12H,1H3. The van der Waals surface area contributed by atoms with Gasteiger partial charge in [-0.05, 0) is 48.5 Å². The van der Waals surface area contributed by atoms with Crippen molar-refractivity contribution >= 4 is 44.1 Å². The number of rotatable bonds is 4. The van der Waals surface area contributed by atoms with E-state index in [9.17, 15) is 8.42 Å². The molecule has 5 aromatic rings. The maximum atomic E-state index is 13.2. The summed E-state index contributed by atoms with van der Waals surface area (Å²) in [7, 11) is -2.47. The predicted octanol–water partition coefficient (Wildman–Crippen LogP) is 4.02. The zero-order chi connectivity index (χ0) is 20.9. The van der Waals surface area contributed by atoms with Crippen molar-refractivity contribution in [3.05, 3.63) is 71.9 Å². The molecule has 30 heavy (non-hydrogen) atoms. The third kappa shape index (κ3) is 2.82. The highest BCUT2D eigenvalue weighted by atomic mass is 35.5. The second-order valence-corrected chi connectivity index (χ2v) is 8.92. The summed E-state index contributed by atoms with van der Waals surface area (Å²) in [5, 5.41) is 8.92. The number of hydrogen-bond acceptors (Lipinski definition) is 6. The van der Waals surface area contributed by atoms with Crippen LogP contribution in [0.1, 0.15) is 0 Å². The van der Waals surface area contributed by atoms with E-state index in [0.29, 0.717) is 27.8 Å². The minimum Gasteiger partial charge on any atom is -0.461 e. The summed E-state index contributed by atoms with van der Waals surface area (Å²) in [6, 6.07) is 16.8. The van der Waals surface area contributed by atoms with Crippen LogP contribution in [0.3, 0.4) is 0 Å². The molecule has 5 rings (SSSR count). The number of benzene rings is 2. The van der Waals surface area contributed by atoms with Crippen molar-refractivity contribution in [2.75, 3.05) is 11.4 Å². The Hall–Kier alpha value is -3.43. The minimum absolute atomic E-state index is 0.0910. The number of nitrogens with zero attached hydrogens (tertiary/aromatic N) is 5. The van der Waals surface area contributed by atoms with Gasteiger partial charge in [-0.2, -0.15) is 0 Å². The van der Waals surface area contributed by atoms with E-state index in [0.717, 1.165) is 9.82 Å². The van der Waals surface area contributed by atoms with Gasteiger partial charge >= 0.3 is 0 Å². The maximum absolute atomic E-state index is 13.2. The van der Waals surface area contributed by atoms with Gasteiger partial charge in [-0.15, -0.1) is 10.2 Å². The van der Waals surface area contributed by atoms with Crippen molar-refractivity contribution in [2.45, 2.75) is 4.90 Å². The second-order valence-electron chi connectivity index (χ2n) is 6.51. The molecule has 0 bridgehead atoms. The Morgan fingerprint density at radius 3 is 2.50 bits per heavy atom. The molecule has 0 amide bonds. The van der Waals surface area contributed by atoms with E-state index in [1.807, 2.05) is 18.2 Å². The molecule has 0 aliphatic rings. The Morgan fingerprint density at radius 2 is 1.77 bits per heavy atom. The number of furan rings is 1. The van der Waals surface area contributed by atoms with E-state index in [1.165, 1.54) is 37.6 Å². The molecule has 0 aliphatic heterocycles. The lowest BCUT2D eigenvalue weighted by atomic mass is 10.3. The van der Waals surface area contributed by atoms with Crippen LogP contribution in [-0.4, -0.2) is 35.0 Å². The van der Waals surface area contributed by atoms with Gasteiger partial charge in [0.15, 0.2) is 11.6 Å². The summed E-state index contributed by atoms with van der Waals surface area (Å²) in [6.45, 7) is 0. The van der Waals surface area contributed by atoms with Crippen molar-refractivity contribution in [1.82, 2.24) is 19.6 Å². The van der Waals surface area contributed by atoms with Crippen LogP contribution in [-0.2, 0) is 10.0 Å². The molecule has 0 saturated carbocycles. The third-order valence-electron chi connectivity index (χ3n) is 4.72. The Morgan fingerprint density at radius 1 is 1.00 bits per heavy atom. The Balaban J connectivity index is 1.78. The molecule has 150 valence electrons. The van der Waals surface area contributed by atoms with Crippen LogP contribution in [0.2, 0.25) is 5.02 Å². The molecule has 3 heterocycles. The average molecular weight is 440 g/mol. The Bertz CT molecular complexity index is 1480. The minimum atomic E-state index is -3.91. The smallest absolute Gasteiger partial charge is 0.265 e. The van der Waals surface area contributed by atoms with Crippen molar-refractivity contribution < 1.29 is 12.8 Å². The van der Waals surface area contributed by atoms with Gasteiger partial charge in [0.05, 0.1) is 22.2 Å². The lowest BCUT2D eigenvalue weighted by molar-refractivity contribution is 0.576. The van der Waals surface area contributed by atoms with Gasteiger partial charge < -0.3 is 4.42 Å². The first-order chi connectivity index (χ1) is 14.5. The molecule has 0 N–H and O–H groups in total. The maximum Gasteiger partial charge on any atom is 0.265 e. The van der Waals surface area contributed by atoms with Gasteiger partial charge in [0.1, 0.15) is 0 Å². The first kappa shape index (κ1) is 18.6. The normalized spacial score (nSPS) is 11.9. The van der Waals surface area contributed by atoms with Crippen LogP contribution in [0.4, 0.5) is 5.82 Å². The van der Waals surface area contributed by atoms with Crippen LogP contribution in [0, 0.1) is 0 Å². The SMILES string of the molecule is CN(c1nc2ccccc2n2c(-c3ccco3)nnc12)S(=O)(=O)c1ccc(Cl)cc1. The number of anilines is 1. The molecule has 2 aromatic carbocycles. The largest absolute Gasteiger partial charge is 0.461 e. The van der Waals surface area contributed by atoms with Gasteiger partial charge in [0.2, 0.25) is 11.5 Å². The third-order valence-corrected chi connectivity index (χ3v) is 6.74. The topological polar surface area (TPSA) is 93.6 Å². The molecule has 0 spiro atoms. The first-order valence-corrected chi connectivity index (χ1v) is 10.7. The van der Waals surface area contributed by atoms with Crippen molar-refractivity contribution in [1.29, 1.82) is 0 Å². The van der Waals surface area contributed by atoms with E-state index in [-0.39, 0.29) is 10.7 Å². The lowest BCUT2D eigenvalue weighted by Gasteiger charge is -2.19. The number of aromatic nitrogens is 4. The zero-order valence-electron chi connectivity index (χ0n) is 15.6. The summed E-state index contributed by atoms with van der Waals surface area (Å²) >= 11 is 5.90. The molecule has 8 nitrogen and oxygen atoms in total. The van der Waals surface area contributed by atoms with E-state index in [4.69, 9.17) is 16.0 Å². The van der Waals surface area contributed by atoms with Crippen LogP contribution in [0.5, 0.6) is 0 Å². The number of halogens is 1. The van der Waals surface area contributed by atoms with E-state index in [2.05, 4.69) is 15.2 Å². The van der Waals surface area contributed by atoms with Gasteiger partial charge in [-0.25, -0.2) is 17.7 Å². The van der Waals surface area contributed by atoms with Gasteiger partial charge in [-0.1, -0.05) is 23.7 Å². The first-order valence-electron chi connectivity index (χ1n) is 8.89. The van der Waals surface area contributed by atoms with E-state index < -0.39 is 10.0 Å². The monoisotopic (exact) mass is 439 g/mol. The molecular formula is C20H14ClN5O3S. The molecule has 3 aromatic heterocycles. The highest BCUT2D eigenvalue weighted by Crippen LogP contribution is 2.30. The predicted molar refractivity (Wildman–Crippen MR) is 113 cm³/mol. The van der Waals surface area contributed by atoms with E-state index in [1.54, 1.807) is 22.6 Å². The number of fused-ring (bicyclic) bond motifs is 3. The van der Waals surface area contributed by atoms with Gasteiger partial charge in [-0.3, -0.25) is 4.40 Å². The Labute approximate surface area is 176 Å². The molecule has 0 saturated heterocycles. The molecule has 0 atom stereocenters. The highest BCUT2D eigenvalue weighted by molar-refractivity contribution is 7.92. The number of hydrogen-bond donors (Lipinski definition) is 0. The zero-order valence-corrected chi connectivity index (χ0v) is 17.2. The quantitative estimate of drug-likeness (QED) is 0.420. The fraction of sp³-hybridized carbons (Fsp3) is 0.0500. The van der Waals surface area contributed by atoms with E-state index >= 15 is 0 Å². The van der Waals surface area contributed by atoms with Crippen molar-refractivity contribution in [3.8, 4) is 11.6 Å². The average Bonchev–Trinajstić information content (AvgIpc) is 3.43. The molecule has 0 fully saturated rings. The molecular weight excluding hydrogens is 426 g/mol. The second kappa shape index (κ2) is 6.82. The lowest BCUT2D eigenvalue weighted by Crippen LogP contribution is -2.28. The molecule has 0 radical (unpaired) electrons. The summed E-state index contributed by atoms with van der Waals surface area (Å²) < 4.78 is 34.8. The van der Waals surface area contributed by atoms with Crippen LogP contribution >= 0.6 is 11.6 Å². The van der Waals surface area contributed by atoms with Gasteiger partial charge in [0.25, 0.3) is 10.0 Å². The fourth-order valence-corrected chi connectivity index (χ4v) is 4.50. The molecule has 0 aliphatic carbocycles. The number of para-hydroxylation sites is 2. The van der Waals surface area contributed by atoms with Crippen molar-refractivity contribution in [2.24, 2.45) is 0 Å². The van der Waals surface area contributed by atoms with Gasteiger partial charge in [0, 0.05) is 12.1 Å². The van der Waals surface area contributed by atoms with Crippen LogP contribution in [0.15, 0.2) is 76.2 Å². The molecule has 0 unspecified atom stereocenters. The molecule has 10 heteroatoms. The van der Waals surface area contributed by atoms with Crippen molar-refractivity contribution in [3.63, 3.8) is 0 Å². The summed E-state index contributed by atoms with van der Waals surface area (Å²) in [6.07, 6.45) is 1.54. The van der Waals surface area contributed by atoms with Crippen LogP contribution in [0.25, 0.3) is 28.3 Å². The fourth-order valence-electron chi connectivity index (χ4n) is 3.22. The van der Waals surface area contributed by atoms with Crippen LogP contribution < -0.4 is 4.31 Å². The Kier molecular flexibility index (Phi) is 4.23. The number of sulfonamides is 1. The summed E-state index contributed by atoms with van der Waals surface area (Å²) in [5.41, 5.74) is 1.61. The summed E-state index contributed by atoms with van der Waals surface area (Å²) in [4.78, 5) is 4.67. The highest BCUT2D eigenvalue weighted by Gasteiger charge is 2.27. The summed E-state index contributed by atoms with van der Waals surface area (Å²) in [5.74, 6) is 1.11.